The molecule has 0 radical (unpaired) electrons. The van der Waals surface area contributed by atoms with Crippen LogP contribution in [0, 0.1) is 18.8 Å². The summed E-state index contributed by atoms with van der Waals surface area (Å²) < 4.78 is 5.40. The quantitative estimate of drug-likeness (QED) is 0.836. The molecule has 2 N–H and O–H groups in total. The summed E-state index contributed by atoms with van der Waals surface area (Å²) in [6.07, 6.45) is 3.33. The average Bonchev–Trinajstić information content (AvgIpc) is 2.51. The molecule has 0 spiro atoms. The van der Waals surface area contributed by atoms with Crippen LogP contribution in [0.5, 0.6) is 11.5 Å². The van der Waals surface area contributed by atoms with Gasteiger partial charge in [0.05, 0.1) is 7.11 Å². The van der Waals surface area contributed by atoms with E-state index in [2.05, 4.69) is 19.2 Å². The number of piperidine rings is 1. The van der Waals surface area contributed by atoms with Gasteiger partial charge in [-0.05, 0) is 55.8 Å². The number of fused-ring (bicyclic) bond motifs is 1. The molecule has 2 bridgehead atoms. The third-order valence-electron chi connectivity index (χ3n) is 6.56. The van der Waals surface area contributed by atoms with Crippen LogP contribution in [-0.4, -0.2) is 30.6 Å². The Labute approximate surface area is 137 Å². The molecule has 3 aliphatic rings. The lowest BCUT2D eigenvalue weighted by atomic mass is 9.50. The highest BCUT2D eigenvalue weighted by Gasteiger charge is 2.56. The highest BCUT2D eigenvalue weighted by Crippen LogP contribution is 2.58. The van der Waals surface area contributed by atoms with Crippen LogP contribution in [0.25, 0.3) is 0 Å². The first-order valence-electron chi connectivity index (χ1n) is 8.64. The number of ketones is 1. The number of ether oxygens (including phenoxy) is 1. The van der Waals surface area contributed by atoms with E-state index in [1.807, 2.05) is 6.07 Å². The van der Waals surface area contributed by atoms with E-state index in [0.717, 1.165) is 36.9 Å². The molecule has 23 heavy (non-hydrogen) atoms. The summed E-state index contributed by atoms with van der Waals surface area (Å²) in [6.45, 7) is 5.05. The SMILES string of the molecule is COc1cc(C)c2c(c1O)[C@]13CCN[C@H](C2)[C@@H]1CC(C)C(=O)C3. The lowest BCUT2D eigenvalue weighted by molar-refractivity contribution is -0.129. The third kappa shape index (κ3) is 1.90. The van der Waals surface area contributed by atoms with Crippen LogP contribution in [0.2, 0.25) is 0 Å². The van der Waals surface area contributed by atoms with Gasteiger partial charge in [0.15, 0.2) is 11.5 Å². The molecule has 1 aliphatic heterocycles. The van der Waals surface area contributed by atoms with Crippen LogP contribution in [0.15, 0.2) is 6.07 Å². The maximum absolute atomic E-state index is 12.6. The molecule has 4 heteroatoms. The van der Waals surface area contributed by atoms with E-state index in [1.54, 1.807) is 7.11 Å². The molecule has 4 nitrogen and oxygen atoms in total. The first-order chi connectivity index (χ1) is 11.0. The van der Waals surface area contributed by atoms with E-state index in [0.29, 0.717) is 29.9 Å². The fourth-order valence-electron chi connectivity index (χ4n) is 5.40. The van der Waals surface area contributed by atoms with E-state index >= 15 is 0 Å². The number of aryl methyl sites for hydroxylation is 1. The van der Waals surface area contributed by atoms with Crippen molar-refractivity contribution in [3.63, 3.8) is 0 Å². The average molecular weight is 315 g/mol. The van der Waals surface area contributed by atoms with Crippen molar-refractivity contribution in [1.82, 2.24) is 5.32 Å². The number of phenols is 1. The number of nitrogens with one attached hydrogen (secondary N) is 1. The Morgan fingerprint density at radius 3 is 2.96 bits per heavy atom. The summed E-state index contributed by atoms with van der Waals surface area (Å²) in [5.41, 5.74) is 3.18. The minimum atomic E-state index is -0.212. The van der Waals surface area contributed by atoms with Gasteiger partial charge in [0.2, 0.25) is 0 Å². The van der Waals surface area contributed by atoms with Crippen molar-refractivity contribution in [1.29, 1.82) is 0 Å². The molecule has 4 rings (SSSR count). The number of carbonyl (C=O) groups is 1. The molecule has 2 aliphatic carbocycles. The zero-order chi connectivity index (χ0) is 16.4. The van der Waals surface area contributed by atoms with Crippen molar-refractivity contribution in [2.24, 2.45) is 11.8 Å². The summed E-state index contributed by atoms with van der Waals surface area (Å²) in [7, 11) is 1.60. The second-order valence-corrected chi connectivity index (χ2v) is 7.66. The van der Waals surface area contributed by atoms with Crippen LogP contribution >= 0.6 is 0 Å². The summed E-state index contributed by atoms with van der Waals surface area (Å²) in [5, 5.41) is 14.6. The van der Waals surface area contributed by atoms with Crippen LogP contribution in [-0.2, 0) is 16.6 Å². The molecular formula is C19H25NO3. The minimum absolute atomic E-state index is 0.130. The Balaban J connectivity index is 1.98. The van der Waals surface area contributed by atoms with Gasteiger partial charge in [-0.3, -0.25) is 4.79 Å². The molecule has 0 amide bonds. The molecule has 2 fully saturated rings. The van der Waals surface area contributed by atoms with Crippen LogP contribution in [0.4, 0.5) is 0 Å². The van der Waals surface area contributed by atoms with E-state index in [1.165, 1.54) is 5.56 Å². The third-order valence-corrected chi connectivity index (χ3v) is 6.56. The molecular weight excluding hydrogens is 290 g/mol. The number of Topliss-reactive ketones (excluding diaryl/α,β-unsaturated/α-hetero) is 1. The largest absolute Gasteiger partial charge is 0.504 e. The number of methoxy groups -OCH3 is 1. The Bertz CT molecular complexity index is 684. The van der Waals surface area contributed by atoms with Crippen molar-refractivity contribution in [2.45, 2.75) is 51.0 Å². The number of hydrogen-bond acceptors (Lipinski definition) is 4. The highest BCUT2D eigenvalue weighted by molar-refractivity contribution is 5.84. The maximum atomic E-state index is 12.6. The van der Waals surface area contributed by atoms with Gasteiger partial charge < -0.3 is 15.2 Å². The summed E-state index contributed by atoms with van der Waals surface area (Å²) in [4.78, 5) is 12.6. The van der Waals surface area contributed by atoms with Gasteiger partial charge in [-0.1, -0.05) is 6.92 Å². The van der Waals surface area contributed by atoms with E-state index in [-0.39, 0.29) is 17.1 Å². The second kappa shape index (κ2) is 4.97. The molecule has 1 saturated heterocycles. The van der Waals surface area contributed by atoms with Crippen molar-refractivity contribution in [2.75, 3.05) is 13.7 Å². The topological polar surface area (TPSA) is 58.6 Å². The predicted molar refractivity (Wildman–Crippen MR) is 88.1 cm³/mol. The van der Waals surface area contributed by atoms with Crippen molar-refractivity contribution in [3.05, 3.63) is 22.8 Å². The predicted octanol–water partition coefficient (Wildman–Crippen LogP) is 2.48. The first-order valence-corrected chi connectivity index (χ1v) is 8.64. The zero-order valence-electron chi connectivity index (χ0n) is 14.1. The van der Waals surface area contributed by atoms with Gasteiger partial charge in [0.1, 0.15) is 5.78 Å². The van der Waals surface area contributed by atoms with E-state index < -0.39 is 0 Å². The standard InChI is InChI=1S/C19H25NO3/c1-10-7-16(23-3)18(22)17-12(10)8-14-13-6-11(2)15(21)9-19(13,17)4-5-20-14/h7,11,13-14,20,22H,4-6,8-9H2,1-3H3/t11?,13-,14+,19-/m0/s1. The summed E-state index contributed by atoms with van der Waals surface area (Å²) in [5.74, 6) is 1.70. The molecule has 1 saturated carbocycles. The van der Waals surface area contributed by atoms with Crippen molar-refractivity contribution < 1.29 is 14.6 Å². The normalized spacial score (nSPS) is 35.4. The Hall–Kier alpha value is -1.55. The molecule has 124 valence electrons. The number of rotatable bonds is 1. The smallest absolute Gasteiger partial charge is 0.161 e. The monoisotopic (exact) mass is 315 g/mol. The molecule has 4 atom stereocenters. The van der Waals surface area contributed by atoms with Gasteiger partial charge in [-0.2, -0.15) is 0 Å². The molecule has 1 heterocycles. The first kappa shape index (κ1) is 15.0. The lowest BCUT2D eigenvalue weighted by Crippen LogP contribution is -2.61. The van der Waals surface area contributed by atoms with Crippen molar-refractivity contribution >= 4 is 5.78 Å². The number of hydrogen-bond donors (Lipinski definition) is 2. The second-order valence-electron chi connectivity index (χ2n) is 7.66. The van der Waals surface area contributed by atoms with Gasteiger partial charge in [0, 0.05) is 29.4 Å². The van der Waals surface area contributed by atoms with Crippen molar-refractivity contribution in [3.8, 4) is 11.5 Å². The number of aromatic hydroxyl groups is 1. The Morgan fingerprint density at radius 1 is 1.43 bits per heavy atom. The lowest BCUT2D eigenvalue weighted by Gasteiger charge is -2.56. The maximum Gasteiger partial charge on any atom is 0.161 e. The van der Waals surface area contributed by atoms with Gasteiger partial charge >= 0.3 is 0 Å². The number of benzene rings is 1. The summed E-state index contributed by atoms with van der Waals surface area (Å²) in [6, 6.07) is 2.34. The number of carbonyl (C=O) groups excluding carboxylic acids is 1. The molecule has 1 aromatic rings. The fraction of sp³-hybridized carbons (Fsp3) is 0.632. The van der Waals surface area contributed by atoms with Crippen LogP contribution in [0.3, 0.4) is 0 Å². The van der Waals surface area contributed by atoms with Gasteiger partial charge in [-0.15, -0.1) is 0 Å². The number of phenolic OH excluding ortho intramolecular Hbond substituents is 1. The fourth-order valence-corrected chi connectivity index (χ4v) is 5.40. The Kier molecular flexibility index (Phi) is 3.24. The van der Waals surface area contributed by atoms with Crippen LogP contribution in [0.1, 0.15) is 42.9 Å². The van der Waals surface area contributed by atoms with E-state index in [9.17, 15) is 9.90 Å². The minimum Gasteiger partial charge on any atom is -0.504 e. The van der Waals surface area contributed by atoms with E-state index in [4.69, 9.17) is 4.74 Å². The van der Waals surface area contributed by atoms with Gasteiger partial charge in [-0.25, -0.2) is 0 Å². The molecule has 0 aromatic heterocycles. The molecule has 1 unspecified atom stereocenters. The highest BCUT2D eigenvalue weighted by atomic mass is 16.5. The van der Waals surface area contributed by atoms with Crippen LogP contribution < -0.4 is 10.1 Å². The zero-order valence-corrected chi connectivity index (χ0v) is 14.1. The Morgan fingerprint density at radius 2 is 2.22 bits per heavy atom. The van der Waals surface area contributed by atoms with Gasteiger partial charge in [0.25, 0.3) is 0 Å². The summed E-state index contributed by atoms with van der Waals surface area (Å²) >= 11 is 0. The molecule has 1 aromatic carbocycles.